The largest absolute Gasteiger partial charge is 0.343 e. The summed E-state index contributed by atoms with van der Waals surface area (Å²) in [5, 5.41) is 6.46. The minimum absolute atomic E-state index is 0.00988. The predicted molar refractivity (Wildman–Crippen MR) is 83.5 cm³/mol. The Labute approximate surface area is 128 Å². The zero-order valence-electron chi connectivity index (χ0n) is 11.8. The third-order valence-corrected chi connectivity index (χ3v) is 5.16. The van der Waals surface area contributed by atoms with Crippen LogP contribution in [0.1, 0.15) is 58.7 Å². The summed E-state index contributed by atoms with van der Waals surface area (Å²) in [6, 6.07) is 9.53. The summed E-state index contributed by atoms with van der Waals surface area (Å²) in [6.07, 6.45) is 4.93. The maximum Gasteiger partial charge on any atom is 0.251 e. The number of rotatable bonds is 5. The molecular formula is C17H18N2OS. The number of carbonyl (C=O) groups is 1. The van der Waals surface area contributed by atoms with Crippen molar-refractivity contribution >= 4 is 17.2 Å². The van der Waals surface area contributed by atoms with Crippen molar-refractivity contribution in [3.05, 3.63) is 52.0 Å². The fraction of sp³-hybridized carbons (Fsp3) is 0.412. The molecule has 1 heterocycles. The zero-order chi connectivity index (χ0) is 14.2. The molecule has 2 aliphatic rings. The van der Waals surface area contributed by atoms with E-state index in [-0.39, 0.29) is 11.9 Å². The summed E-state index contributed by atoms with van der Waals surface area (Å²) in [5.41, 5.74) is 1.96. The Morgan fingerprint density at radius 3 is 2.62 bits per heavy atom. The van der Waals surface area contributed by atoms with E-state index in [2.05, 4.69) is 10.7 Å². The smallest absolute Gasteiger partial charge is 0.251 e. The van der Waals surface area contributed by atoms with Gasteiger partial charge < -0.3 is 5.32 Å². The number of hydrogen-bond acceptors (Lipinski definition) is 3. The molecule has 1 amide bonds. The molecule has 2 saturated carbocycles. The molecule has 1 aromatic carbocycles. The summed E-state index contributed by atoms with van der Waals surface area (Å²) < 4.78 is 0. The first-order valence-corrected chi connectivity index (χ1v) is 8.50. The summed E-state index contributed by atoms with van der Waals surface area (Å²) >= 11 is 1.71. The highest BCUT2D eigenvalue weighted by atomic mass is 32.1. The predicted octanol–water partition coefficient (Wildman–Crippen LogP) is 3.90. The monoisotopic (exact) mass is 298 g/mol. The van der Waals surface area contributed by atoms with Crippen LogP contribution in [0.5, 0.6) is 0 Å². The van der Waals surface area contributed by atoms with Crippen LogP contribution in [0.15, 0.2) is 35.7 Å². The molecule has 0 spiro atoms. The third kappa shape index (κ3) is 2.86. The lowest BCUT2D eigenvalue weighted by atomic mass is 10.1. The van der Waals surface area contributed by atoms with Gasteiger partial charge in [-0.1, -0.05) is 18.2 Å². The second kappa shape index (κ2) is 5.26. The molecule has 0 saturated heterocycles. The molecule has 1 N–H and O–H groups in total. The van der Waals surface area contributed by atoms with Gasteiger partial charge in [-0.25, -0.2) is 4.98 Å². The Morgan fingerprint density at radius 1 is 1.19 bits per heavy atom. The quantitative estimate of drug-likeness (QED) is 0.909. The standard InChI is InChI=1S/C17H18N2OS/c20-16(13-4-2-1-3-5-13)19-15(12-8-9-12)17-18-14(10-21-17)11-6-7-11/h1-5,10-12,15H,6-9H2,(H,19,20). The van der Waals surface area contributed by atoms with Gasteiger partial charge in [0.05, 0.1) is 11.7 Å². The molecule has 3 nitrogen and oxygen atoms in total. The van der Waals surface area contributed by atoms with Crippen molar-refractivity contribution in [2.45, 2.75) is 37.6 Å². The molecule has 0 aliphatic heterocycles. The maximum atomic E-state index is 12.4. The van der Waals surface area contributed by atoms with Crippen molar-refractivity contribution in [1.29, 1.82) is 0 Å². The molecule has 2 aromatic rings. The van der Waals surface area contributed by atoms with Gasteiger partial charge >= 0.3 is 0 Å². The fourth-order valence-corrected chi connectivity index (χ4v) is 3.68. The van der Waals surface area contributed by atoms with E-state index in [1.807, 2.05) is 30.3 Å². The first-order valence-electron chi connectivity index (χ1n) is 7.62. The van der Waals surface area contributed by atoms with Crippen molar-refractivity contribution in [3.63, 3.8) is 0 Å². The second-order valence-electron chi connectivity index (χ2n) is 6.04. The molecule has 1 aromatic heterocycles. The van der Waals surface area contributed by atoms with Gasteiger partial charge in [0.1, 0.15) is 5.01 Å². The average molecular weight is 298 g/mol. The molecule has 108 valence electrons. The topological polar surface area (TPSA) is 42.0 Å². The van der Waals surface area contributed by atoms with Gasteiger partial charge in [0.15, 0.2) is 0 Å². The van der Waals surface area contributed by atoms with Gasteiger partial charge in [-0.05, 0) is 43.7 Å². The van der Waals surface area contributed by atoms with E-state index >= 15 is 0 Å². The Hall–Kier alpha value is -1.68. The second-order valence-corrected chi connectivity index (χ2v) is 6.93. The number of aromatic nitrogens is 1. The summed E-state index contributed by atoms with van der Waals surface area (Å²) in [5.74, 6) is 1.26. The first kappa shape index (κ1) is 13.0. The maximum absolute atomic E-state index is 12.4. The van der Waals surface area contributed by atoms with E-state index in [1.165, 1.54) is 31.4 Å². The molecule has 21 heavy (non-hydrogen) atoms. The Morgan fingerprint density at radius 2 is 1.95 bits per heavy atom. The summed E-state index contributed by atoms with van der Waals surface area (Å²) in [6.45, 7) is 0. The van der Waals surface area contributed by atoms with Gasteiger partial charge in [0.25, 0.3) is 5.91 Å². The number of nitrogens with zero attached hydrogens (tertiary/aromatic N) is 1. The van der Waals surface area contributed by atoms with Crippen molar-refractivity contribution in [1.82, 2.24) is 10.3 Å². The summed E-state index contributed by atoms with van der Waals surface area (Å²) in [4.78, 5) is 17.2. The highest BCUT2D eigenvalue weighted by Gasteiger charge is 2.36. The number of hydrogen-bond donors (Lipinski definition) is 1. The van der Waals surface area contributed by atoms with Crippen LogP contribution in [0, 0.1) is 5.92 Å². The highest BCUT2D eigenvalue weighted by Crippen LogP contribution is 2.45. The molecule has 1 unspecified atom stereocenters. The number of nitrogens with one attached hydrogen (secondary N) is 1. The molecule has 2 fully saturated rings. The lowest BCUT2D eigenvalue weighted by Crippen LogP contribution is -2.29. The van der Waals surface area contributed by atoms with Gasteiger partial charge in [-0.15, -0.1) is 11.3 Å². The first-order chi connectivity index (χ1) is 10.3. The van der Waals surface area contributed by atoms with Crippen LogP contribution in [0.2, 0.25) is 0 Å². The van der Waals surface area contributed by atoms with E-state index < -0.39 is 0 Å². The molecule has 2 aliphatic carbocycles. The van der Waals surface area contributed by atoms with Crippen molar-refractivity contribution < 1.29 is 4.79 Å². The van der Waals surface area contributed by atoms with Crippen molar-refractivity contribution in [2.75, 3.05) is 0 Å². The van der Waals surface area contributed by atoms with Crippen LogP contribution in [0.25, 0.3) is 0 Å². The Balaban J connectivity index is 1.52. The van der Waals surface area contributed by atoms with Crippen molar-refractivity contribution in [2.24, 2.45) is 5.92 Å². The zero-order valence-corrected chi connectivity index (χ0v) is 12.6. The van der Waals surface area contributed by atoms with Gasteiger partial charge in [-0.2, -0.15) is 0 Å². The molecule has 4 rings (SSSR count). The molecule has 4 heteroatoms. The van der Waals surface area contributed by atoms with E-state index in [9.17, 15) is 4.79 Å². The number of carbonyl (C=O) groups excluding carboxylic acids is 1. The molecular weight excluding hydrogens is 280 g/mol. The lowest BCUT2D eigenvalue weighted by Gasteiger charge is -2.16. The Kier molecular flexibility index (Phi) is 3.26. The minimum Gasteiger partial charge on any atom is -0.343 e. The van der Waals surface area contributed by atoms with E-state index in [4.69, 9.17) is 4.98 Å². The normalized spacial score (nSPS) is 19.2. The van der Waals surface area contributed by atoms with Crippen LogP contribution >= 0.6 is 11.3 Å². The van der Waals surface area contributed by atoms with Gasteiger partial charge in [0.2, 0.25) is 0 Å². The SMILES string of the molecule is O=C(NC(c1nc(C2CC2)cs1)C1CC1)c1ccccc1. The van der Waals surface area contributed by atoms with E-state index in [0.717, 1.165) is 10.6 Å². The molecule has 1 atom stereocenters. The van der Waals surface area contributed by atoms with Gasteiger partial charge in [0, 0.05) is 16.9 Å². The molecule has 0 bridgehead atoms. The lowest BCUT2D eigenvalue weighted by molar-refractivity contribution is 0.0931. The van der Waals surface area contributed by atoms with E-state index in [0.29, 0.717) is 11.8 Å². The number of thiazole rings is 1. The van der Waals surface area contributed by atoms with Crippen LogP contribution in [0.4, 0.5) is 0 Å². The summed E-state index contributed by atoms with van der Waals surface area (Å²) in [7, 11) is 0. The van der Waals surface area contributed by atoms with Gasteiger partial charge in [-0.3, -0.25) is 4.79 Å². The third-order valence-electron chi connectivity index (χ3n) is 4.22. The van der Waals surface area contributed by atoms with Crippen LogP contribution in [-0.2, 0) is 0 Å². The number of benzene rings is 1. The Bertz CT molecular complexity index is 644. The van der Waals surface area contributed by atoms with Crippen LogP contribution in [0.3, 0.4) is 0 Å². The fourth-order valence-electron chi connectivity index (χ4n) is 2.64. The average Bonchev–Trinajstić information content (AvgIpc) is 3.44. The number of amides is 1. The molecule has 0 radical (unpaired) electrons. The van der Waals surface area contributed by atoms with E-state index in [1.54, 1.807) is 11.3 Å². The van der Waals surface area contributed by atoms with Crippen LogP contribution in [-0.4, -0.2) is 10.9 Å². The highest BCUT2D eigenvalue weighted by molar-refractivity contribution is 7.09. The van der Waals surface area contributed by atoms with Crippen LogP contribution < -0.4 is 5.32 Å². The van der Waals surface area contributed by atoms with Crippen molar-refractivity contribution in [3.8, 4) is 0 Å². The minimum atomic E-state index is 0.00988.